The fraction of sp³-hybridized carbons (Fsp3) is 0.542. The Labute approximate surface area is 194 Å². The van der Waals surface area contributed by atoms with Crippen molar-refractivity contribution in [3.05, 3.63) is 41.3 Å². The molecule has 4 N–H and O–H groups in total. The number of carboxylic acid groups (broad SMARTS) is 1. The molecule has 32 heavy (non-hydrogen) atoms. The van der Waals surface area contributed by atoms with Crippen molar-refractivity contribution in [1.82, 2.24) is 0 Å². The maximum absolute atomic E-state index is 11.4. The molecule has 0 bridgehead atoms. The number of aliphatic carboxylic acids is 1. The van der Waals surface area contributed by atoms with Crippen LogP contribution in [0.1, 0.15) is 32.3 Å². The van der Waals surface area contributed by atoms with Crippen LogP contribution in [-0.2, 0) is 20.9 Å². The van der Waals surface area contributed by atoms with Gasteiger partial charge in [-0.05, 0) is 41.5 Å². The molecule has 1 aromatic carbocycles. The smallest absolute Gasteiger partial charge is 0.306 e. The summed E-state index contributed by atoms with van der Waals surface area (Å²) in [4.78, 5) is 12.5. The van der Waals surface area contributed by atoms with Crippen LogP contribution in [0.25, 0.3) is 10.4 Å². The average Bonchev–Trinajstić information content (AvgIpc) is 3.29. The van der Waals surface area contributed by atoms with Gasteiger partial charge in [0.15, 0.2) is 0 Å². The molecule has 8 heteroatoms. The second kappa shape index (κ2) is 13.5. The number of hydrogen-bond donors (Lipinski definition) is 3. The topological polar surface area (TPSA) is 111 Å². The van der Waals surface area contributed by atoms with Crippen molar-refractivity contribution in [3.8, 4) is 16.2 Å². The standard InChI is InChI=1S/C24H35NO6S/c1-16(2)19(24(27)28)13-21(26)20(25)15-30-14-17-7-8-18(23-6-4-11-32-23)22(12-17)31-10-5-9-29-3/h4,6-8,11-12,16,19-21,26H,5,9-10,13-15,25H2,1-3H3,(H,27,28). The lowest BCUT2D eigenvalue weighted by Gasteiger charge is -2.24. The van der Waals surface area contributed by atoms with Crippen molar-refractivity contribution >= 4 is 17.3 Å². The van der Waals surface area contributed by atoms with E-state index in [1.165, 1.54) is 0 Å². The van der Waals surface area contributed by atoms with Crippen molar-refractivity contribution in [2.24, 2.45) is 17.6 Å². The summed E-state index contributed by atoms with van der Waals surface area (Å²) in [6, 6.07) is 9.37. The molecule has 0 spiro atoms. The number of aliphatic hydroxyl groups is 1. The molecular formula is C24H35NO6S. The number of hydrogen-bond acceptors (Lipinski definition) is 7. The van der Waals surface area contributed by atoms with Gasteiger partial charge in [-0.15, -0.1) is 11.3 Å². The summed E-state index contributed by atoms with van der Waals surface area (Å²) in [5.41, 5.74) is 8.00. The van der Waals surface area contributed by atoms with Gasteiger partial charge in [0.05, 0.1) is 37.9 Å². The van der Waals surface area contributed by atoms with Crippen molar-refractivity contribution in [1.29, 1.82) is 0 Å². The first kappa shape index (κ1) is 26.3. The molecular weight excluding hydrogens is 430 g/mol. The average molecular weight is 466 g/mol. The Bertz CT molecular complexity index is 811. The van der Waals surface area contributed by atoms with E-state index in [1.807, 2.05) is 43.5 Å². The zero-order valence-corrected chi connectivity index (χ0v) is 19.8. The van der Waals surface area contributed by atoms with E-state index >= 15 is 0 Å². The second-order valence-corrected chi connectivity index (χ2v) is 9.12. The van der Waals surface area contributed by atoms with Crippen LogP contribution in [-0.4, -0.2) is 55.3 Å². The highest BCUT2D eigenvalue weighted by molar-refractivity contribution is 7.13. The molecule has 2 rings (SSSR count). The summed E-state index contributed by atoms with van der Waals surface area (Å²) in [5.74, 6) is -0.857. The predicted octanol–water partition coefficient (Wildman–Crippen LogP) is 3.78. The van der Waals surface area contributed by atoms with Gasteiger partial charge in [0.2, 0.25) is 0 Å². The van der Waals surface area contributed by atoms with Crippen molar-refractivity contribution in [2.75, 3.05) is 26.9 Å². The van der Waals surface area contributed by atoms with Gasteiger partial charge in [0.25, 0.3) is 0 Å². The monoisotopic (exact) mass is 465 g/mol. The Morgan fingerprint density at radius 3 is 2.62 bits per heavy atom. The minimum atomic E-state index is -0.945. The lowest BCUT2D eigenvalue weighted by molar-refractivity contribution is -0.144. The third-order valence-electron chi connectivity index (χ3n) is 5.27. The number of ether oxygens (including phenoxy) is 3. The maximum Gasteiger partial charge on any atom is 0.306 e. The van der Waals surface area contributed by atoms with Gasteiger partial charge < -0.3 is 30.2 Å². The fourth-order valence-corrected chi connectivity index (χ4v) is 4.07. The quantitative estimate of drug-likeness (QED) is 0.343. The van der Waals surface area contributed by atoms with Gasteiger partial charge in [-0.25, -0.2) is 0 Å². The molecule has 1 heterocycles. The van der Waals surface area contributed by atoms with E-state index in [2.05, 4.69) is 6.07 Å². The zero-order chi connectivity index (χ0) is 23.5. The van der Waals surface area contributed by atoms with E-state index in [0.717, 1.165) is 28.2 Å². The van der Waals surface area contributed by atoms with Crippen LogP contribution in [0.5, 0.6) is 5.75 Å². The number of carbonyl (C=O) groups is 1. The Kier molecular flexibility index (Phi) is 11.1. The Morgan fingerprint density at radius 1 is 1.22 bits per heavy atom. The molecule has 0 aliphatic carbocycles. The van der Waals surface area contributed by atoms with Crippen LogP contribution < -0.4 is 10.5 Å². The molecule has 0 amide bonds. The molecule has 0 aliphatic rings. The highest BCUT2D eigenvalue weighted by Crippen LogP contribution is 2.34. The van der Waals surface area contributed by atoms with Gasteiger partial charge >= 0.3 is 5.97 Å². The minimum Gasteiger partial charge on any atom is -0.493 e. The summed E-state index contributed by atoms with van der Waals surface area (Å²) in [7, 11) is 1.67. The summed E-state index contributed by atoms with van der Waals surface area (Å²) < 4.78 is 16.8. The summed E-state index contributed by atoms with van der Waals surface area (Å²) in [5, 5.41) is 21.6. The lowest BCUT2D eigenvalue weighted by Crippen LogP contribution is -2.41. The minimum absolute atomic E-state index is 0.0839. The number of methoxy groups -OCH3 is 1. The number of benzene rings is 1. The maximum atomic E-state index is 11.4. The molecule has 0 fully saturated rings. The van der Waals surface area contributed by atoms with Gasteiger partial charge in [0, 0.05) is 30.6 Å². The van der Waals surface area contributed by atoms with E-state index in [-0.39, 0.29) is 18.9 Å². The molecule has 1 aromatic heterocycles. The molecule has 0 radical (unpaired) electrons. The van der Waals surface area contributed by atoms with Crippen LogP contribution >= 0.6 is 11.3 Å². The van der Waals surface area contributed by atoms with E-state index in [0.29, 0.717) is 19.8 Å². The Morgan fingerprint density at radius 2 is 2.00 bits per heavy atom. The predicted molar refractivity (Wildman–Crippen MR) is 126 cm³/mol. The molecule has 0 saturated carbocycles. The number of thiophene rings is 1. The molecule has 3 unspecified atom stereocenters. The highest BCUT2D eigenvalue weighted by Gasteiger charge is 2.27. The second-order valence-electron chi connectivity index (χ2n) is 8.17. The SMILES string of the molecule is COCCCOc1cc(COCC(N)C(O)CC(C(=O)O)C(C)C)ccc1-c1cccs1. The van der Waals surface area contributed by atoms with Crippen molar-refractivity contribution in [3.63, 3.8) is 0 Å². The third-order valence-corrected chi connectivity index (χ3v) is 6.18. The largest absolute Gasteiger partial charge is 0.493 e. The van der Waals surface area contributed by atoms with E-state index < -0.39 is 24.0 Å². The lowest BCUT2D eigenvalue weighted by atomic mass is 9.88. The van der Waals surface area contributed by atoms with Gasteiger partial charge in [-0.1, -0.05) is 26.0 Å². The molecule has 0 aliphatic heterocycles. The molecule has 0 saturated heterocycles. The normalized spacial score (nSPS) is 14.3. The highest BCUT2D eigenvalue weighted by atomic mass is 32.1. The van der Waals surface area contributed by atoms with Crippen LogP contribution in [0.4, 0.5) is 0 Å². The van der Waals surface area contributed by atoms with Crippen LogP contribution in [0.2, 0.25) is 0 Å². The number of nitrogens with two attached hydrogens (primary N) is 1. The van der Waals surface area contributed by atoms with Gasteiger partial charge in [-0.3, -0.25) is 4.79 Å². The van der Waals surface area contributed by atoms with E-state index in [1.54, 1.807) is 18.4 Å². The summed E-state index contributed by atoms with van der Waals surface area (Å²) in [6.07, 6.45) is -0.0481. The van der Waals surface area contributed by atoms with Crippen molar-refractivity contribution < 1.29 is 29.2 Å². The third kappa shape index (κ3) is 8.18. The first-order valence-corrected chi connectivity index (χ1v) is 11.7. The molecule has 7 nitrogen and oxygen atoms in total. The summed E-state index contributed by atoms with van der Waals surface area (Å²) >= 11 is 1.65. The van der Waals surface area contributed by atoms with Crippen molar-refractivity contribution in [2.45, 2.75) is 45.4 Å². The first-order chi connectivity index (χ1) is 15.3. The van der Waals surface area contributed by atoms with E-state index in [4.69, 9.17) is 19.9 Å². The van der Waals surface area contributed by atoms with Gasteiger partial charge in [0.1, 0.15) is 5.75 Å². The van der Waals surface area contributed by atoms with Crippen LogP contribution in [0.15, 0.2) is 35.7 Å². The van der Waals surface area contributed by atoms with Crippen LogP contribution in [0, 0.1) is 11.8 Å². The molecule has 178 valence electrons. The summed E-state index contributed by atoms with van der Waals surface area (Å²) in [6.45, 7) is 5.27. The van der Waals surface area contributed by atoms with Gasteiger partial charge in [-0.2, -0.15) is 0 Å². The number of rotatable bonds is 15. The Hall–Kier alpha value is -1.97. The molecule has 3 atom stereocenters. The van der Waals surface area contributed by atoms with Crippen LogP contribution in [0.3, 0.4) is 0 Å². The van der Waals surface area contributed by atoms with E-state index in [9.17, 15) is 15.0 Å². The number of carboxylic acids is 1. The number of aliphatic hydroxyl groups excluding tert-OH is 1. The zero-order valence-electron chi connectivity index (χ0n) is 19.0. The fourth-order valence-electron chi connectivity index (χ4n) is 3.31. The first-order valence-electron chi connectivity index (χ1n) is 10.9. The molecule has 2 aromatic rings. The Balaban J connectivity index is 1.94.